The summed E-state index contributed by atoms with van der Waals surface area (Å²) in [5, 5.41) is 22.9. The lowest BCUT2D eigenvalue weighted by molar-refractivity contribution is 0.324. The van der Waals surface area contributed by atoms with E-state index in [0.717, 1.165) is 68.6 Å². The van der Waals surface area contributed by atoms with Crippen molar-refractivity contribution in [3.8, 4) is 45.5 Å². The highest BCUT2D eigenvalue weighted by Gasteiger charge is 2.42. The van der Waals surface area contributed by atoms with Gasteiger partial charge in [-0.05, 0) is 122 Å². The van der Waals surface area contributed by atoms with Crippen molar-refractivity contribution in [1.82, 2.24) is 5.32 Å². The van der Waals surface area contributed by atoms with Crippen LogP contribution in [-0.2, 0) is 5.66 Å². The average Bonchev–Trinajstić information content (AvgIpc) is 3.36. The first-order chi connectivity index (χ1) is 30.9. The van der Waals surface area contributed by atoms with E-state index < -0.39 is 5.66 Å². The van der Waals surface area contributed by atoms with Gasteiger partial charge in [-0.25, -0.2) is 0 Å². The minimum atomic E-state index is -0.773. The summed E-state index contributed by atoms with van der Waals surface area (Å²) in [5.41, 5.74) is 17.4. The molecule has 0 amide bonds. The molecule has 7 aromatic carbocycles. The molecular weight excluding hydrogens is 765 g/mol. The molecule has 3 atom stereocenters. The van der Waals surface area contributed by atoms with Crippen LogP contribution in [0, 0.1) is 22.7 Å². The maximum atomic E-state index is 9.40. The second kappa shape index (κ2) is 16.9. The summed E-state index contributed by atoms with van der Waals surface area (Å²) in [7, 11) is 0. The number of hydrogen-bond acceptors (Lipinski definition) is 4. The summed E-state index contributed by atoms with van der Waals surface area (Å²) < 4.78 is 0. The fourth-order valence-corrected chi connectivity index (χ4v) is 9.14. The number of aliphatic imine (C=N–C) groups is 1. The molecule has 1 N–H and O–H groups in total. The topological polar surface area (TPSA) is 72.0 Å². The molecular formula is C59H44N4. The van der Waals surface area contributed by atoms with Gasteiger partial charge in [0.15, 0.2) is 0 Å². The van der Waals surface area contributed by atoms with E-state index in [1.54, 1.807) is 0 Å². The van der Waals surface area contributed by atoms with Gasteiger partial charge in [-0.3, -0.25) is 10.3 Å². The highest BCUT2D eigenvalue weighted by Crippen LogP contribution is 2.43. The zero-order chi connectivity index (χ0) is 42.8. The summed E-state index contributed by atoms with van der Waals surface area (Å²) in [6, 6.07) is 65.8. The van der Waals surface area contributed by atoms with Gasteiger partial charge in [0.05, 0.1) is 29.0 Å². The molecule has 0 fully saturated rings. The van der Waals surface area contributed by atoms with Crippen molar-refractivity contribution < 1.29 is 0 Å². The SMILES string of the molecule is CC1(c2ccc(-c3ccc(C#N)cc3)cc2)N=C(c2ccc(-c3ccc(C#N)cc3)cc2)C2=CC(c3ccc(-c4ccccc4)cc3)=CC(c3ccc(C4=CCCC=C4)cc3)C2N1. The fourth-order valence-electron chi connectivity index (χ4n) is 9.14. The third-order valence-electron chi connectivity index (χ3n) is 12.7. The summed E-state index contributed by atoms with van der Waals surface area (Å²) in [4.78, 5) is 5.70. The fraction of sp³-hybridized carbons (Fsp3) is 0.102. The number of allylic oxidation sites excluding steroid dienone is 6. The van der Waals surface area contributed by atoms with Crippen molar-refractivity contribution in [1.29, 1.82) is 10.5 Å². The van der Waals surface area contributed by atoms with Crippen LogP contribution in [0.25, 0.3) is 44.5 Å². The van der Waals surface area contributed by atoms with Crippen LogP contribution in [0.3, 0.4) is 0 Å². The van der Waals surface area contributed by atoms with Crippen LogP contribution in [0.4, 0.5) is 0 Å². The van der Waals surface area contributed by atoms with E-state index in [4.69, 9.17) is 4.99 Å². The molecule has 0 radical (unpaired) electrons. The molecule has 1 aliphatic heterocycles. The molecule has 0 saturated carbocycles. The molecule has 10 rings (SSSR count). The zero-order valence-corrected chi connectivity index (χ0v) is 35.0. The Morgan fingerprint density at radius 3 is 1.54 bits per heavy atom. The lowest BCUT2D eigenvalue weighted by atomic mass is 9.74. The molecule has 7 aromatic rings. The highest BCUT2D eigenvalue weighted by molar-refractivity contribution is 6.16. The Bertz CT molecular complexity index is 3050. The quantitative estimate of drug-likeness (QED) is 0.166. The number of benzene rings is 7. The van der Waals surface area contributed by atoms with Crippen LogP contribution in [0.2, 0.25) is 0 Å². The van der Waals surface area contributed by atoms with Gasteiger partial charge in [-0.2, -0.15) is 10.5 Å². The maximum absolute atomic E-state index is 9.40. The zero-order valence-electron chi connectivity index (χ0n) is 35.0. The Hall–Kier alpha value is -7.89. The molecule has 3 unspecified atom stereocenters. The first-order valence-electron chi connectivity index (χ1n) is 21.6. The third kappa shape index (κ3) is 7.93. The molecule has 3 aliphatic rings. The Morgan fingerprint density at radius 2 is 1.00 bits per heavy atom. The van der Waals surface area contributed by atoms with Gasteiger partial charge in [-0.1, -0.05) is 176 Å². The maximum Gasteiger partial charge on any atom is 0.134 e. The minimum absolute atomic E-state index is 0.0144. The van der Waals surface area contributed by atoms with E-state index in [0.29, 0.717) is 11.1 Å². The van der Waals surface area contributed by atoms with E-state index in [1.807, 2.05) is 48.5 Å². The van der Waals surface area contributed by atoms with Gasteiger partial charge < -0.3 is 0 Å². The van der Waals surface area contributed by atoms with Crippen LogP contribution in [0.5, 0.6) is 0 Å². The first-order valence-corrected chi connectivity index (χ1v) is 21.6. The Labute approximate surface area is 369 Å². The Morgan fingerprint density at radius 1 is 0.524 bits per heavy atom. The standard InChI is InChI=1S/C59H44N4/c1-59(54-34-32-49(33-35-54)45-18-14-41(39-61)15-19-45)62-57(52-30-26-48(27-31-52)44-16-12-40(38-60)13-17-44)56-37-53(50-22-20-46(21-23-50)42-8-4-2-5-9-42)36-55(58(56)63-59)51-28-24-47(25-29-51)43-10-6-3-7-11-43/h2,4-6,8-37,55,58,63H,3,7H2,1H3. The molecule has 1 heterocycles. The van der Waals surface area contributed by atoms with Crippen LogP contribution >= 0.6 is 0 Å². The van der Waals surface area contributed by atoms with E-state index >= 15 is 0 Å². The van der Waals surface area contributed by atoms with Crippen LogP contribution < -0.4 is 5.32 Å². The van der Waals surface area contributed by atoms with Crippen molar-refractivity contribution in [3.05, 3.63) is 251 Å². The normalized spacial score (nSPS) is 19.0. The molecule has 0 saturated heterocycles. The van der Waals surface area contributed by atoms with Crippen molar-refractivity contribution >= 4 is 16.9 Å². The van der Waals surface area contributed by atoms with Gasteiger partial charge in [0, 0.05) is 17.5 Å². The van der Waals surface area contributed by atoms with Crippen molar-refractivity contribution in [2.24, 2.45) is 4.99 Å². The number of rotatable bonds is 8. The van der Waals surface area contributed by atoms with E-state index in [9.17, 15) is 10.5 Å². The number of hydrogen-bond donors (Lipinski definition) is 1. The smallest absolute Gasteiger partial charge is 0.134 e. The summed E-state index contributed by atoms with van der Waals surface area (Å²) in [6.45, 7) is 2.19. The molecule has 63 heavy (non-hydrogen) atoms. The molecule has 0 aromatic heterocycles. The van der Waals surface area contributed by atoms with Crippen LogP contribution in [-0.4, -0.2) is 11.8 Å². The minimum Gasteiger partial charge on any atom is -0.282 e. The second-order valence-corrected chi connectivity index (χ2v) is 16.6. The Kier molecular flexibility index (Phi) is 10.5. The number of nitrogens with one attached hydrogen (secondary N) is 1. The number of fused-ring (bicyclic) bond motifs is 1. The predicted octanol–water partition coefficient (Wildman–Crippen LogP) is 13.6. The van der Waals surface area contributed by atoms with Gasteiger partial charge in [0.1, 0.15) is 5.66 Å². The molecule has 0 spiro atoms. The monoisotopic (exact) mass is 808 g/mol. The lowest BCUT2D eigenvalue weighted by Gasteiger charge is -2.44. The third-order valence-corrected chi connectivity index (χ3v) is 12.7. The van der Waals surface area contributed by atoms with E-state index in [1.165, 1.54) is 27.8 Å². The summed E-state index contributed by atoms with van der Waals surface area (Å²) in [6.07, 6.45) is 13.8. The highest BCUT2D eigenvalue weighted by atomic mass is 15.2. The first kappa shape index (κ1) is 39.3. The molecule has 0 bridgehead atoms. The Balaban J connectivity index is 1.10. The van der Waals surface area contributed by atoms with Crippen LogP contribution in [0.1, 0.15) is 64.6 Å². The second-order valence-electron chi connectivity index (χ2n) is 16.6. The molecule has 300 valence electrons. The largest absolute Gasteiger partial charge is 0.282 e. The van der Waals surface area contributed by atoms with Crippen molar-refractivity contribution in [3.63, 3.8) is 0 Å². The molecule has 4 heteroatoms. The van der Waals surface area contributed by atoms with E-state index in [2.05, 4.69) is 182 Å². The van der Waals surface area contributed by atoms with Gasteiger partial charge in [0.2, 0.25) is 0 Å². The summed E-state index contributed by atoms with van der Waals surface area (Å²) >= 11 is 0. The van der Waals surface area contributed by atoms with E-state index in [-0.39, 0.29) is 12.0 Å². The number of nitriles is 2. The number of nitrogens with zero attached hydrogens (tertiary/aromatic N) is 3. The van der Waals surface area contributed by atoms with Crippen molar-refractivity contribution in [2.75, 3.05) is 0 Å². The van der Waals surface area contributed by atoms with Crippen LogP contribution in [0.15, 0.2) is 217 Å². The average molecular weight is 809 g/mol. The molecule has 2 aliphatic carbocycles. The van der Waals surface area contributed by atoms with Crippen molar-refractivity contribution in [2.45, 2.75) is 37.4 Å². The van der Waals surface area contributed by atoms with Gasteiger partial charge in [0.25, 0.3) is 0 Å². The predicted molar refractivity (Wildman–Crippen MR) is 257 cm³/mol. The molecule has 4 nitrogen and oxygen atoms in total. The summed E-state index contributed by atoms with van der Waals surface area (Å²) in [5.74, 6) is -0.0144. The lowest BCUT2D eigenvalue weighted by Crippen LogP contribution is -2.54. The van der Waals surface area contributed by atoms with Gasteiger partial charge in [-0.15, -0.1) is 0 Å². The van der Waals surface area contributed by atoms with Gasteiger partial charge >= 0.3 is 0 Å².